The van der Waals surface area contributed by atoms with E-state index in [0.717, 1.165) is 11.3 Å². The Morgan fingerprint density at radius 1 is 0.750 bits per heavy atom. The minimum absolute atomic E-state index is 0.450. The van der Waals surface area contributed by atoms with Gasteiger partial charge in [-0.25, -0.2) is 0 Å². The lowest BCUT2D eigenvalue weighted by Gasteiger charge is -2.17. The summed E-state index contributed by atoms with van der Waals surface area (Å²) < 4.78 is 0. The van der Waals surface area contributed by atoms with Gasteiger partial charge in [0.25, 0.3) is 0 Å². The van der Waals surface area contributed by atoms with E-state index in [-0.39, 0.29) is 0 Å². The molecule has 0 atom stereocenters. The van der Waals surface area contributed by atoms with Gasteiger partial charge in [0.15, 0.2) is 8.80 Å². The zero-order valence-electron chi connectivity index (χ0n) is 13.5. The smallest absolute Gasteiger partial charge is 0.154 e. The molecule has 0 saturated heterocycles. The van der Waals surface area contributed by atoms with Crippen molar-refractivity contribution in [1.82, 2.24) is 0 Å². The maximum Gasteiger partial charge on any atom is 0.154 e. The number of hydrogen-bond acceptors (Lipinski definition) is 2. The highest BCUT2D eigenvalue weighted by molar-refractivity contribution is 6.95. The Balaban J connectivity index is 2.10. The van der Waals surface area contributed by atoms with E-state index < -0.39 is 8.80 Å². The number of benzene rings is 3. The number of nitrogens with two attached hydrogens (primary N) is 2. The summed E-state index contributed by atoms with van der Waals surface area (Å²) >= 11 is 0. The van der Waals surface area contributed by atoms with Crippen LogP contribution in [0.1, 0.15) is 5.56 Å². The predicted octanol–water partition coefficient (Wildman–Crippen LogP) is 1.46. The molecule has 3 heteroatoms. The van der Waals surface area contributed by atoms with Gasteiger partial charge >= 0.3 is 0 Å². The van der Waals surface area contributed by atoms with Gasteiger partial charge in [-0.15, -0.1) is 0 Å². The molecule has 0 aliphatic carbocycles. The molecule has 0 spiro atoms. The van der Waals surface area contributed by atoms with Crippen LogP contribution in [-0.2, 0) is 0 Å². The Morgan fingerprint density at radius 3 is 1.83 bits per heavy atom. The highest BCUT2D eigenvalue weighted by Gasteiger charge is 2.19. The van der Waals surface area contributed by atoms with Gasteiger partial charge in [-0.3, -0.25) is 0 Å². The molecule has 0 aromatic heterocycles. The normalized spacial score (nSPS) is 11.7. The van der Waals surface area contributed by atoms with E-state index in [9.17, 15) is 0 Å². The van der Waals surface area contributed by atoms with E-state index in [1.807, 2.05) is 12.1 Å². The van der Waals surface area contributed by atoms with Crippen molar-refractivity contribution < 1.29 is 0 Å². The molecule has 0 saturated carbocycles. The minimum atomic E-state index is -1.06. The summed E-state index contributed by atoms with van der Waals surface area (Å²) in [5.74, 6) is 0. The minimum Gasteiger partial charge on any atom is -0.398 e. The van der Waals surface area contributed by atoms with Gasteiger partial charge in [-0.2, -0.15) is 0 Å². The lowest BCUT2D eigenvalue weighted by atomic mass is 10.1. The molecule has 0 fully saturated rings. The zero-order valence-corrected chi connectivity index (χ0v) is 14.5. The molecule has 3 aromatic rings. The van der Waals surface area contributed by atoms with Crippen LogP contribution in [0.25, 0.3) is 5.70 Å². The second kappa shape index (κ2) is 7.77. The average Bonchev–Trinajstić information content (AvgIpc) is 2.64. The third-order valence-corrected chi connectivity index (χ3v) is 6.66. The second-order valence-electron chi connectivity index (χ2n) is 5.58. The van der Waals surface area contributed by atoms with Crippen LogP contribution in [0.4, 0.5) is 0 Å². The molecule has 4 N–H and O–H groups in total. The van der Waals surface area contributed by atoms with E-state index in [4.69, 9.17) is 11.5 Å². The van der Waals surface area contributed by atoms with Gasteiger partial charge in [-0.1, -0.05) is 95.3 Å². The lowest BCUT2D eigenvalue weighted by molar-refractivity contribution is 1.25. The van der Waals surface area contributed by atoms with Gasteiger partial charge in [0.1, 0.15) is 0 Å². The van der Waals surface area contributed by atoms with Crippen LogP contribution in [0.15, 0.2) is 91.0 Å². The third kappa shape index (κ3) is 3.64. The first-order chi connectivity index (χ1) is 11.8. The molecular weight excluding hydrogens is 308 g/mol. The average molecular weight is 329 g/mol. The SMILES string of the molecule is NC/C=C(\N)c1cccc([Si](c2ccccc2)c2ccccc2)c1. The summed E-state index contributed by atoms with van der Waals surface area (Å²) in [7, 11) is -1.06. The molecule has 3 aromatic carbocycles. The van der Waals surface area contributed by atoms with Crippen molar-refractivity contribution in [1.29, 1.82) is 0 Å². The van der Waals surface area contributed by atoms with E-state index >= 15 is 0 Å². The Hall–Kier alpha value is -2.62. The molecule has 1 radical (unpaired) electrons. The quantitative estimate of drug-likeness (QED) is 0.550. The Kier molecular flexibility index (Phi) is 5.26. The first kappa shape index (κ1) is 16.2. The molecule has 3 rings (SSSR count). The molecule has 0 aliphatic rings. The summed E-state index contributed by atoms with van der Waals surface area (Å²) in [6, 6.07) is 29.9. The number of hydrogen-bond donors (Lipinski definition) is 2. The molecule has 0 bridgehead atoms. The van der Waals surface area contributed by atoms with Crippen molar-refractivity contribution in [3.8, 4) is 0 Å². The maximum absolute atomic E-state index is 6.14. The number of rotatable bonds is 5. The second-order valence-corrected chi connectivity index (χ2v) is 8.07. The fourth-order valence-corrected chi connectivity index (χ4v) is 5.42. The molecule has 24 heavy (non-hydrogen) atoms. The summed E-state index contributed by atoms with van der Waals surface area (Å²) in [6.45, 7) is 0.450. The van der Waals surface area contributed by atoms with Crippen LogP contribution in [-0.4, -0.2) is 15.3 Å². The fourth-order valence-electron chi connectivity index (χ4n) is 2.81. The summed E-state index contributed by atoms with van der Waals surface area (Å²) in [5.41, 5.74) is 13.5. The fraction of sp³-hybridized carbons (Fsp3) is 0.0476. The van der Waals surface area contributed by atoms with Crippen molar-refractivity contribution in [3.63, 3.8) is 0 Å². The van der Waals surface area contributed by atoms with E-state index in [0.29, 0.717) is 6.54 Å². The summed E-state index contributed by atoms with van der Waals surface area (Å²) in [5, 5.41) is 4.06. The van der Waals surface area contributed by atoms with E-state index in [1.54, 1.807) is 0 Å². The maximum atomic E-state index is 6.14. The van der Waals surface area contributed by atoms with Crippen LogP contribution < -0.4 is 27.0 Å². The van der Waals surface area contributed by atoms with Crippen LogP contribution in [0.3, 0.4) is 0 Å². The van der Waals surface area contributed by atoms with Crippen LogP contribution in [0, 0.1) is 0 Å². The largest absolute Gasteiger partial charge is 0.398 e. The molecule has 0 aliphatic heterocycles. The van der Waals surface area contributed by atoms with Crippen LogP contribution in [0.5, 0.6) is 0 Å². The summed E-state index contributed by atoms with van der Waals surface area (Å²) in [4.78, 5) is 0. The topological polar surface area (TPSA) is 52.0 Å². The molecular formula is C21H21N2Si. The van der Waals surface area contributed by atoms with E-state index in [1.165, 1.54) is 15.6 Å². The van der Waals surface area contributed by atoms with Crippen molar-refractivity contribution in [2.24, 2.45) is 11.5 Å². The van der Waals surface area contributed by atoms with Gasteiger partial charge in [-0.05, 0) is 16.8 Å². The first-order valence-electron chi connectivity index (χ1n) is 8.04. The van der Waals surface area contributed by atoms with Gasteiger partial charge in [0.05, 0.1) is 0 Å². The van der Waals surface area contributed by atoms with Gasteiger partial charge < -0.3 is 11.5 Å². The van der Waals surface area contributed by atoms with Gasteiger partial charge in [0.2, 0.25) is 0 Å². The van der Waals surface area contributed by atoms with Crippen LogP contribution >= 0.6 is 0 Å². The monoisotopic (exact) mass is 329 g/mol. The van der Waals surface area contributed by atoms with E-state index in [2.05, 4.69) is 78.9 Å². The summed E-state index contributed by atoms with van der Waals surface area (Å²) in [6.07, 6.45) is 1.86. The van der Waals surface area contributed by atoms with Crippen molar-refractivity contribution >= 4 is 30.1 Å². The molecule has 119 valence electrons. The standard InChI is InChI=1S/C21H21N2Si/c22-15-14-21(23)17-8-7-13-20(16-17)24(18-9-3-1-4-10-18)19-11-5-2-6-12-19/h1-14,16H,15,22-23H2/b21-14-. The van der Waals surface area contributed by atoms with Crippen molar-refractivity contribution in [2.45, 2.75) is 0 Å². The molecule has 0 unspecified atom stereocenters. The van der Waals surface area contributed by atoms with Crippen LogP contribution in [0.2, 0.25) is 0 Å². The first-order valence-corrected chi connectivity index (χ1v) is 9.54. The predicted molar refractivity (Wildman–Crippen MR) is 105 cm³/mol. The Labute approximate surface area is 145 Å². The van der Waals surface area contributed by atoms with Gasteiger partial charge in [0, 0.05) is 12.2 Å². The molecule has 0 heterocycles. The van der Waals surface area contributed by atoms with Crippen molar-refractivity contribution in [2.75, 3.05) is 6.54 Å². The highest BCUT2D eigenvalue weighted by Crippen LogP contribution is 2.07. The third-order valence-electron chi connectivity index (χ3n) is 3.95. The molecule has 2 nitrogen and oxygen atoms in total. The Morgan fingerprint density at radius 2 is 1.29 bits per heavy atom. The highest BCUT2D eigenvalue weighted by atomic mass is 28.3. The molecule has 0 amide bonds. The Bertz CT molecular complexity index is 774. The van der Waals surface area contributed by atoms with Crippen molar-refractivity contribution in [3.05, 3.63) is 96.6 Å². The lowest BCUT2D eigenvalue weighted by Crippen LogP contribution is -2.52. The zero-order chi connectivity index (χ0) is 16.8.